The van der Waals surface area contributed by atoms with E-state index in [1.54, 1.807) is 24.3 Å². The minimum atomic E-state index is 0. The van der Waals surface area contributed by atoms with Crippen LogP contribution in [0.4, 0.5) is 0 Å². The predicted octanol–water partition coefficient (Wildman–Crippen LogP) is 1.24. The third kappa shape index (κ3) is 3.46. The quantitative estimate of drug-likeness (QED) is 0.645. The molecule has 1 nitrogen and oxygen atoms in total. The predicted molar refractivity (Wildman–Crippen MR) is 44.4 cm³/mol. The zero-order valence-electron chi connectivity index (χ0n) is 4.13. The molecule has 0 atom stereocenters. The van der Waals surface area contributed by atoms with Gasteiger partial charge in [0.05, 0.1) is 0 Å². The van der Waals surface area contributed by atoms with Crippen molar-refractivity contribution < 1.29 is 5.11 Å². The van der Waals surface area contributed by atoms with Gasteiger partial charge in [0.2, 0.25) is 0 Å². The Morgan fingerprint density at radius 1 is 1.11 bits per heavy atom. The molecule has 0 unspecified atom stereocenters. The molecule has 3 heteroatoms. The van der Waals surface area contributed by atoms with E-state index in [1.807, 2.05) is 0 Å². The molecule has 1 rings (SSSR count). The van der Waals surface area contributed by atoms with E-state index >= 15 is 0 Å². The molecule has 0 aromatic heterocycles. The van der Waals surface area contributed by atoms with Crippen LogP contribution in [0.2, 0.25) is 0 Å². The molecule has 0 heterocycles. The second-order valence-electron chi connectivity index (χ2n) is 1.48. The van der Waals surface area contributed by atoms with Gasteiger partial charge >= 0.3 is 37.7 Å². The van der Waals surface area contributed by atoms with Crippen molar-refractivity contribution in [3.8, 4) is 5.75 Å². The molecule has 0 aliphatic heterocycles. The van der Waals surface area contributed by atoms with E-state index in [4.69, 9.17) is 5.11 Å². The normalized spacial score (nSPS) is 8.11. The van der Waals surface area contributed by atoms with Crippen molar-refractivity contribution in [3.63, 3.8) is 0 Å². The summed E-state index contributed by atoms with van der Waals surface area (Å²) in [6.45, 7) is 0. The van der Waals surface area contributed by atoms with Crippen LogP contribution >= 0.6 is 15.9 Å². The second-order valence-corrected chi connectivity index (χ2v) is 2.39. The van der Waals surface area contributed by atoms with Crippen molar-refractivity contribution in [2.75, 3.05) is 0 Å². The van der Waals surface area contributed by atoms with Crippen LogP contribution < -0.4 is 0 Å². The van der Waals surface area contributed by atoms with Gasteiger partial charge in [-0.15, -0.1) is 0 Å². The summed E-state index contributed by atoms with van der Waals surface area (Å²) in [6, 6.07) is 6.83. The molecular formula is C6H7BrCaO. The summed E-state index contributed by atoms with van der Waals surface area (Å²) in [6.07, 6.45) is 0. The fourth-order valence-electron chi connectivity index (χ4n) is 0.441. The van der Waals surface area contributed by atoms with E-state index in [0.29, 0.717) is 5.75 Å². The molecule has 9 heavy (non-hydrogen) atoms. The standard InChI is InChI=1S/C6H5BrO.Ca.2H/c7-5-1-3-6(8)4-2-5;;;/h1-4,8H;;;. The number of phenols is 1. The van der Waals surface area contributed by atoms with Gasteiger partial charge in [0.15, 0.2) is 0 Å². The van der Waals surface area contributed by atoms with Crippen LogP contribution in [-0.2, 0) is 0 Å². The topological polar surface area (TPSA) is 20.2 Å². The molecule has 0 saturated heterocycles. The molecule has 0 amide bonds. The van der Waals surface area contributed by atoms with Crippen LogP contribution in [0.5, 0.6) is 5.75 Å². The molecular weight excluding hydrogens is 208 g/mol. The Hall–Kier alpha value is 0.760. The van der Waals surface area contributed by atoms with Crippen molar-refractivity contribution in [3.05, 3.63) is 28.7 Å². The Balaban J connectivity index is 0.000000640. The summed E-state index contributed by atoms with van der Waals surface area (Å²) in [5.74, 6) is 0.299. The van der Waals surface area contributed by atoms with Crippen LogP contribution in [0.15, 0.2) is 28.7 Å². The average molecular weight is 215 g/mol. The van der Waals surface area contributed by atoms with Crippen LogP contribution in [0.3, 0.4) is 0 Å². The van der Waals surface area contributed by atoms with Crippen LogP contribution in [0, 0.1) is 0 Å². The van der Waals surface area contributed by atoms with Crippen LogP contribution in [-0.4, -0.2) is 42.8 Å². The summed E-state index contributed by atoms with van der Waals surface area (Å²) in [5, 5.41) is 8.74. The maximum atomic E-state index is 8.74. The van der Waals surface area contributed by atoms with Gasteiger partial charge in [0.25, 0.3) is 0 Å². The van der Waals surface area contributed by atoms with Crippen molar-refractivity contribution in [2.24, 2.45) is 0 Å². The maximum absolute atomic E-state index is 8.74. The number of aromatic hydroxyl groups is 1. The van der Waals surface area contributed by atoms with E-state index in [1.165, 1.54) is 0 Å². The number of hydrogen-bond donors (Lipinski definition) is 1. The Labute approximate surface area is 92.2 Å². The molecule has 46 valence electrons. The van der Waals surface area contributed by atoms with E-state index in [-0.39, 0.29) is 37.7 Å². The monoisotopic (exact) mass is 214 g/mol. The Morgan fingerprint density at radius 3 is 1.89 bits per heavy atom. The molecule has 0 bridgehead atoms. The van der Waals surface area contributed by atoms with E-state index in [9.17, 15) is 0 Å². The summed E-state index contributed by atoms with van der Waals surface area (Å²) >= 11 is 3.23. The first-order valence-corrected chi connectivity index (χ1v) is 3.03. The zero-order chi connectivity index (χ0) is 5.98. The molecule has 0 fully saturated rings. The molecule has 0 aliphatic rings. The molecule has 0 radical (unpaired) electrons. The minimum absolute atomic E-state index is 0. The molecule has 1 aromatic rings. The average Bonchev–Trinajstić information content (AvgIpc) is 1.77. The van der Waals surface area contributed by atoms with Gasteiger partial charge in [-0.1, -0.05) is 15.9 Å². The molecule has 0 saturated carbocycles. The first-order valence-electron chi connectivity index (χ1n) is 2.23. The Bertz CT molecular complexity index is 152. The van der Waals surface area contributed by atoms with Crippen LogP contribution in [0.25, 0.3) is 0 Å². The summed E-state index contributed by atoms with van der Waals surface area (Å²) < 4.78 is 0.982. The van der Waals surface area contributed by atoms with Crippen molar-refractivity contribution in [1.29, 1.82) is 0 Å². The van der Waals surface area contributed by atoms with E-state index in [2.05, 4.69) is 15.9 Å². The fraction of sp³-hybridized carbons (Fsp3) is 0. The van der Waals surface area contributed by atoms with Crippen LogP contribution in [0.1, 0.15) is 0 Å². The van der Waals surface area contributed by atoms with Gasteiger partial charge in [-0.3, -0.25) is 0 Å². The third-order valence-electron chi connectivity index (χ3n) is 0.827. The number of halogens is 1. The Kier molecular flexibility index (Phi) is 4.94. The van der Waals surface area contributed by atoms with Gasteiger partial charge in [-0.05, 0) is 24.3 Å². The Morgan fingerprint density at radius 2 is 1.56 bits per heavy atom. The van der Waals surface area contributed by atoms with E-state index in [0.717, 1.165) is 4.47 Å². The van der Waals surface area contributed by atoms with Gasteiger partial charge in [0.1, 0.15) is 5.75 Å². The molecule has 0 spiro atoms. The summed E-state index contributed by atoms with van der Waals surface area (Å²) in [7, 11) is 0. The summed E-state index contributed by atoms with van der Waals surface area (Å²) in [5.41, 5.74) is 0. The third-order valence-corrected chi connectivity index (χ3v) is 1.36. The molecule has 1 aromatic carbocycles. The van der Waals surface area contributed by atoms with Gasteiger partial charge < -0.3 is 5.11 Å². The van der Waals surface area contributed by atoms with Gasteiger partial charge in [-0.2, -0.15) is 0 Å². The number of hydrogen-bond acceptors (Lipinski definition) is 1. The van der Waals surface area contributed by atoms with E-state index < -0.39 is 0 Å². The second kappa shape index (κ2) is 4.56. The van der Waals surface area contributed by atoms with Crippen molar-refractivity contribution in [2.45, 2.75) is 0 Å². The number of rotatable bonds is 0. The first-order chi connectivity index (χ1) is 3.79. The van der Waals surface area contributed by atoms with Gasteiger partial charge in [0, 0.05) is 4.47 Å². The number of phenolic OH excluding ortho intramolecular Hbond substituents is 1. The van der Waals surface area contributed by atoms with Crippen molar-refractivity contribution in [1.82, 2.24) is 0 Å². The fourth-order valence-corrected chi connectivity index (χ4v) is 0.705. The van der Waals surface area contributed by atoms with Crippen molar-refractivity contribution >= 4 is 53.7 Å². The molecule has 0 aliphatic carbocycles. The zero-order valence-corrected chi connectivity index (χ0v) is 5.72. The summed E-state index contributed by atoms with van der Waals surface area (Å²) in [4.78, 5) is 0. The molecule has 1 N–H and O–H groups in total. The first kappa shape index (κ1) is 9.76. The SMILES string of the molecule is Oc1ccc(Br)cc1.[CaH2]. The van der Waals surface area contributed by atoms with Gasteiger partial charge in [-0.25, -0.2) is 0 Å². The number of benzene rings is 1.